The van der Waals surface area contributed by atoms with Gasteiger partial charge < -0.3 is 10.5 Å². The van der Waals surface area contributed by atoms with Crippen molar-refractivity contribution in [3.8, 4) is 0 Å². The minimum atomic E-state index is -1.58. The highest BCUT2D eigenvalue weighted by Crippen LogP contribution is 2.53. The fourth-order valence-corrected chi connectivity index (χ4v) is 2.61. The Morgan fingerprint density at radius 2 is 2.06 bits per heavy atom. The summed E-state index contributed by atoms with van der Waals surface area (Å²) in [6.45, 7) is -1.00. The fourth-order valence-electron chi connectivity index (χ4n) is 2.61. The summed E-state index contributed by atoms with van der Waals surface area (Å²) >= 11 is 0. The second-order valence-electron chi connectivity index (χ2n) is 4.60. The van der Waals surface area contributed by atoms with Crippen LogP contribution in [0.25, 0.3) is 0 Å². The van der Waals surface area contributed by atoms with Crippen molar-refractivity contribution in [2.75, 3.05) is 6.67 Å². The molecule has 0 bridgehead atoms. The number of alkyl halides is 1. The molecule has 1 aromatic carbocycles. The van der Waals surface area contributed by atoms with Crippen molar-refractivity contribution in [3.63, 3.8) is 0 Å². The van der Waals surface area contributed by atoms with Gasteiger partial charge in [0.1, 0.15) is 30.0 Å². The van der Waals surface area contributed by atoms with Gasteiger partial charge >= 0.3 is 0 Å². The lowest BCUT2D eigenvalue weighted by Gasteiger charge is -2.31. The van der Waals surface area contributed by atoms with E-state index < -0.39 is 23.8 Å². The molecule has 0 amide bonds. The summed E-state index contributed by atoms with van der Waals surface area (Å²) < 4.78 is 46.3. The number of rotatable bonds is 2. The normalized spacial score (nSPS) is 33.4. The molecule has 1 aromatic rings. The first-order chi connectivity index (χ1) is 8.58. The van der Waals surface area contributed by atoms with Gasteiger partial charge in [0.05, 0.1) is 5.56 Å². The topological polar surface area (TPSA) is 47.6 Å². The lowest BCUT2D eigenvalue weighted by Crippen LogP contribution is -2.40. The molecule has 1 aliphatic heterocycles. The van der Waals surface area contributed by atoms with E-state index >= 15 is 0 Å². The number of amidine groups is 1. The van der Waals surface area contributed by atoms with Crippen molar-refractivity contribution in [3.05, 3.63) is 35.4 Å². The Labute approximate surface area is 101 Å². The van der Waals surface area contributed by atoms with Crippen molar-refractivity contribution >= 4 is 6.02 Å². The SMILES string of the molecule is NC1=NC(CF)(c2c(F)cccc2F)C2CC2O1. The van der Waals surface area contributed by atoms with Gasteiger partial charge in [-0.25, -0.2) is 18.2 Å². The molecule has 3 atom stereocenters. The van der Waals surface area contributed by atoms with Crippen LogP contribution in [0, 0.1) is 17.6 Å². The first-order valence-corrected chi connectivity index (χ1v) is 5.61. The van der Waals surface area contributed by atoms with Gasteiger partial charge in [-0.3, -0.25) is 0 Å². The Morgan fingerprint density at radius 1 is 1.39 bits per heavy atom. The minimum absolute atomic E-state index is 0.214. The fraction of sp³-hybridized carbons (Fsp3) is 0.417. The number of hydrogen-bond donors (Lipinski definition) is 1. The summed E-state index contributed by atoms with van der Waals surface area (Å²) in [5.74, 6) is -1.98. The molecule has 3 unspecified atom stereocenters. The van der Waals surface area contributed by atoms with E-state index in [0.717, 1.165) is 12.1 Å². The Bertz CT molecular complexity index is 514. The average molecular weight is 256 g/mol. The average Bonchev–Trinajstić information content (AvgIpc) is 3.07. The lowest BCUT2D eigenvalue weighted by atomic mass is 9.85. The quantitative estimate of drug-likeness (QED) is 0.878. The molecule has 3 rings (SSSR count). The van der Waals surface area contributed by atoms with E-state index in [1.54, 1.807) is 0 Å². The van der Waals surface area contributed by atoms with Crippen LogP contribution in [0.1, 0.15) is 12.0 Å². The first kappa shape index (κ1) is 11.4. The number of nitrogens with two attached hydrogens (primary N) is 1. The van der Waals surface area contributed by atoms with E-state index in [1.165, 1.54) is 6.07 Å². The third-order valence-corrected chi connectivity index (χ3v) is 3.53. The van der Waals surface area contributed by atoms with Crippen LogP contribution in [0.4, 0.5) is 13.2 Å². The standard InChI is InChI=1S/C12H11F3N2O/c13-5-12(6-4-9(6)18-11(16)17-12)10-7(14)2-1-3-8(10)15/h1-3,6,9H,4-5H2,(H2,16,17). The van der Waals surface area contributed by atoms with E-state index in [4.69, 9.17) is 10.5 Å². The summed E-state index contributed by atoms with van der Waals surface area (Å²) in [4.78, 5) is 3.86. The highest BCUT2D eigenvalue weighted by atomic mass is 19.1. The second-order valence-corrected chi connectivity index (χ2v) is 4.60. The molecular weight excluding hydrogens is 245 g/mol. The predicted molar refractivity (Wildman–Crippen MR) is 58.6 cm³/mol. The van der Waals surface area contributed by atoms with Crippen molar-refractivity contribution < 1.29 is 17.9 Å². The highest BCUT2D eigenvalue weighted by Gasteiger charge is 2.60. The second kappa shape index (κ2) is 3.63. The summed E-state index contributed by atoms with van der Waals surface area (Å²) in [7, 11) is 0. The Hall–Kier alpha value is -1.72. The van der Waals surface area contributed by atoms with Crippen molar-refractivity contribution in [2.24, 2.45) is 16.6 Å². The van der Waals surface area contributed by atoms with Gasteiger partial charge in [-0.05, 0) is 18.6 Å². The number of hydrogen-bond acceptors (Lipinski definition) is 3. The summed E-state index contributed by atoms with van der Waals surface area (Å²) in [5, 5.41) is 0. The Morgan fingerprint density at radius 3 is 2.67 bits per heavy atom. The number of nitrogens with zero attached hydrogens (tertiary/aromatic N) is 1. The van der Waals surface area contributed by atoms with Gasteiger partial charge in [0, 0.05) is 5.92 Å². The zero-order valence-corrected chi connectivity index (χ0v) is 9.37. The molecule has 18 heavy (non-hydrogen) atoms. The molecule has 1 heterocycles. The number of halogens is 3. The van der Waals surface area contributed by atoms with Gasteiger partial charge in [-0.15, -0.1) is 0 Å². The van der Waals surface area contributed by atoms with E-state index in [9.17, 15) is 13.2 Å². The van der Waals surface area contributed by atoms with Crippen LogP contribution < -0.4 is 5.73 Å². The molecule has 1 aliphatic carbocycles. The molecule has 6 heteroatoms. The number of benzene rings is 1. The molecule has 1 saturated carbocycles. The van der Waals surface area contributed by atoms with Gasteiger partial charge in [-0.1, -0.05) is 6.07 Å². The molecule has 3 nitrogen and oxygen atoms in total. The number of aliphatic imine (C=N–C) groups is 1. The highest BCUT2D eigenvalue weighted by molar-refractivity contribution is 5.74. The molecule has 1 fully saturated rings. The minimum Gasteiger partial charge on any atom is -0.462 e. The smallest absolute Gasteiger partial charge is 0.283 e. The zero-order chi connectivity index (χ0) is 12.9. The van der Waals surface area contributed by atoms with Gasteiger partial charge in [-0.2, -0.15) is 0 Å². The Balaban J connectivity index is 2.20. The number of fused-ring (bicyclic) bond motifs is 1. The maximum atomic E-state index is 13.8. The van der Waals surface area contributed by atoms with Crippen LogP contribution in [-0.2, 0) is 10.3 Å². The van der Waals surface area contributed by atoms with E-state index in [2.05, 4.69) is 4.99 Å². The van der Waals surface area contributed by atoms with Crippen molar-refractivity contribution in [1.82, 2.24) is 0 Å². The molecule has 0 aromatic heterocycles. The molecule has 0 spiro atoms. The van der Waals surface area contributed by atoms with Crippen molar-refractivity contribution in [1.29, 1.82) is 0 Å². The lowest BCUT2D eigenvalue weighted by molar-refractivity contribution is 0.164. The van der Waals surface area contributed by atoms with E-state index in [0.29, 0.717) is 6.42 Å². The zero-order valence-electron chi connectivity index (χ0n) is 9.37. The van der Waals surface area contributed by atoms with Crippen LogP contribution in [0.15, 0.2) is 23.2 Å². The molecule has 2 aliphatic rings. The van der Waals surface area contributed by atoms with Crippen LogP contribution in [-0.4, -0.2) is 18.8 Å². The summed E-state index contributed by atoms with van der Waals surface area (Å²) in [6.07, 6.45) is 0.208. The van der Waals surface area contributed by atoms with Gasteiger partial charge in [0.25, 0.3) is 6.02 Å². The number of ether oxygens (including phenoxy) is 1. The van der Waals surface area contributed by atoms with Crippen molar-refractivity contribution in [2.45, 2.75) is 18.1 Å². The molecule has 0 saturated heterocycles. The van der Waals surface area contributed by atoms with Gasteiger partial charge in [0.15, 0.2) is 0 Å². The van der Waals surface area contributed by atoms with E-state index in [1.807, 2.05) is 0 Å². The van der Waals surface area contributed by atoms with Crippen LogP contribution in [0.3, 0.4) is 0 Å². The maximum absolute atomic E-state index is 13.8. The Kier molecular flexibility index (Phi) is 2.30. The van der Waals surface area contributed by atoms with E-state index in [-0.39, 0.29) is 23.6 Å². The largest absolute Gasteiger partial charge is 0.462 e. The molecule has 2 N–H and O–H groups in total. The first-order valence-electron chi connectivity index (χ1n) is 5.61. The van der Waals surface area contributed by atoms with Crippen LogP contribution in [0.2, 0.25) is 0 Å². The monoisotopic (exact) mass is 256 g/mol. The third kappa shape index (κ3) is 1.41. The molecule has 0 radical (unpaired) electrons. The summed E-state index contributed by atoms with van der Waals surface area (Å²) in [6, 6.07) is 3.20. The molecular formula is C12H11F3N2O. The third-order valence-electron chi connectivity index (χ3n) is 3.53. The maximum Gasteiger partial charge on any atom is 0.283 e. The van der Waals surface area contributed by atoms with Crippen LogP contribution in [0.5, 0.6) is 0 Å². The predicted octanol–water partition coefficient (Wildman–Crippen LogP) is 1.86. The van der Waals surface area contributed by atoms with Gasteiger partial charge in [0.2, 0.25) is 0 Å². The summed E-state index contributed by atoms with van der Waals surface area (Å²) in [5.41, 5.74) is 3.52. The molecule has 96 valence electrons. The van der Waals surface area contributed by atoms with Crippen LogP contribution >= 0.6 is 0 Å².